The summed E-state index contributed by atoms with van der Waals surface area (Å²) < 4.78 is 19.7. The third-order valence-corrected chi connectivity index (χ3v) is 4.12. The lowest BCUT2D eigenvalue weighted by molar-refractivity contribution is -0.158. The molecule has 0 bridgehead atoms. The highest BCUT2D eigenvalue weighted by molar-refractivity contribution is 5.95. The molecule has 2 rings (SSSR count). The summed E-state index contributed by atoms with van der Waals surface area (Å²) in [6.45, 7) is 0.287. The van der Waals surface area contributed by atoms with Crippen LogP contribution in [0.1, 0.15) is 11.1 Å². The molecule has 0 unspecified atom stereocenters. The van der Waals surface area contributed by atoms with Crippen molar-refractivity contribution in [2.24, 2.45) is 5.92 Å². The van der Waals surface area contributed by atoms with Gasteiger partial charge in [0.15, 0.2) is 5.92 Å². The lowest BCUT2D eigenvalue weighted by Gasteiger charge is -2.13. The molecule has 154 valence electrons. The number of nitrogens with one attached hydrogen (secondary N) is 1. The second-order valence-electron chi connectivity index (χ2n) is 6.04. The fourth-order valence-electron chi connectivity index (χ4n) is 2.58. The molecule has 0 atom stereocenters. The van der Waals surface area contributed by atoms with Crippen LogP contribution in [0.3, 0.4) is 0 Å². The van der Waals surface area contributed by atoms with E-state index in [4.69, 9.17) is 9.47 Å². The minimum Gasteiger partial charge on any atom is -0.497 e. The van der Waals surface area contributed by atoms with Crippen LogP contribution in [-0.4, -0.2) is 39.4 Å². The van der Waals surface area contributed by atoms with Gasteiger partial charge in [-0.2, -0.15) is 0 Å². The van der Waals surface area contributed by atoms with Gasteiger partial charge in [-0.15, -0.1) is 0 Å². The third-order valence-electron chi connectivity index (χ3n) is 4.12. The number of ether oxygens (including phenoxy) is 4. The Morgan fingerprint density at radius 2 is 1.52 bits per heavy atom. The van der Waals surface area contributed by atoms with Crippen molar-refractivity contribution in [3.8, 4) is 11.5 Å². The monoisotopic (exact) mass is 401 g/mol. The van der Waals surface area contributed by atoms with Crippen LogP contribution >= 0.6 is 0 Å². The van der Waals surface area contributed by atoms with Gasteiger partial charge >= 0.3 is 18.0 Å². The summed E-state index contributed by atoms with van der Waals surface area (Å²) in [5.41, 5.74) is 1.50. The fourth-order valence-corrected chi connectivity index (χ4v) is 2.58. The molecule has 0 aliphatic rings. The Hall–Kier alpha value is -3.55. The number of amides is 1. The molecule has 0 aliphatic carbocycles. The largest absolute Gasteiger partial charge is 0.497 e. The Bertz CT molecular complexity index is 832. The summed E-state index contributed by atoms with van der Waals surface area (Å²) in [6.07, 6.45) is -0.570. The quantitative estimate of drug-likeness (QED) is 0.536. The molecule has 2 aromatic carbocycles. The average Bonchev–Trinajstić information content (AvgIpc) is 2.75. The minimum atomic E-state index is -1.09. The van der Waals surface area contributed by atoms with Crippen molar-refractivity contribution in [2.45, 2.75) is 13.0 Å². The minimum absolute atomic E-state index is 0.0595. The van der Waals surface area contributed by atoms with Crippen LogP contribution in [0.2, 0.25) is 0 Å². The molecule has 1 N–H and O–H groups in total. The van der Waals surface area contributed by atoms with Crippen LogP contribution in [0, 0.1) is 5.92 Å². The summed E-state index contributed by atoms with van der Waals surface area (Å²) in [6, 6.07) is 13.8. The highest BCUT2D eigenvalue weighted by atomic mass is 16.6. The zero-order valence-electron chi connectivity index (χ0n) is 16.5. The zero-order chi connectivity index (χ0) is 21.2. The van der Waals surface area contributed by atoms with Gasteiger partial charge in [-0.05, 0) is 41.8 Å². The molecule has 2 aromatic rings. The second-order valence-corrected chi connectivity index (χ2v) is 6.04. The fraction of sp³-hybridized carbons (Fsp3) is 0.286. The third kappa shape index (κ3) is 6.53. The highest BCUT2D eigenvalue weighted by Crippen LogP contribution is 2.18. The maximum Gasteiger partial charge on any atom is 0.412 e. The molecule has 8 heteroatoms. The first-order valence-electron chi connectivity index (χ1n) is 8.80. The first-order valence-corrected chi connectivity index (χ1v) is 8.80. The maximum atomic E-state index is 12.0. The highest BCUT2D eigenvalue weighted by Gasteiger charge is 2.29. The van der Waals surface area contributed by atoms with Crippen molar-refractivity contribution in [1.82, 2.24) is 5.32 Å². The van der Waals surface area contributed by atoms with E-state index in [1.54, 1.807) is 43.5 Å². The number of esters is 2. The van der Waals surface area contributed by atoms with E-state index < -0.39 is 23.9 Å². The average molecular weight is 401 g/mol. The molecule has 0 aliphatic heterocycles. The lowest BCUT2D eigenvalue weighted by Crippen LogP contribution is -2.28. The molecule has 0 saturated heterocycles. The van der Waals surface area contributed by atoms with Gasteiger partial charge in [0, 0.05) is 6.54 Å². The van der Waals surface area contributed by atoms with E-state index in [0.717, 1.165) is 11.3 Å². The van der Waals surface area contributed by atoms with Crippen molar-refractivity contribution in [1.29, 1.82) is 0 Å². The summed E-state index contributed by atoms with van der Waals surface area (Å²) in [5, 5.41) is 2.65. The van der Waals surface area contributed by atoms with E-state index in [9.17, 15) is 14.4 Å². The van der Waals surface area contributed by atoms with Crippen molar-refractivity contribution in [2.75, 3.05) is 21.3 Å². The Morgan fingerprint density at radius 3 is 2.10 bits per heavy atom. The molecule has 0 aromatic heterocycles. The molecule has 0 heterocycles. The van der Waals surface area contributed by atoms with Crippen molar-refractivity contribution in [3.05, 3.63) is 59.7 Å². The number of rotatable bonds is 8. The molecule has 1 amide bonds. The van der Waals surface area contributed by atoms with Gasteiger partial charge in [-0.25, -0.2) is 4.79 Å². The number of benzene rings is 2. The molecular weight excluding hydrogens is 378 g/mol. The van der Waals surface area contributed by atoms with Gasteiger partial charge in [0.05, 0.1) is 21.3 Å². The van der Waals surface area contributed by atoms with E-state index >= 15 is 0 Å². The second kappa shape index (κ2) is 10.7. The first kappa shape index (κ1) is 21.7. The molecular formula is C21H23NO7. The van der Waals surface area contributed by atoms with Crippen LogP contribution in [0.5, 0.6) is 11.5 Å². The van der Waals surface area contributed by atoms with E-state index in [2.05, 4.69) is 14.8 Å². The molecule has 0 fully saturated rings. The van der Waals surface area contributed by atoms with Crippen LogP contribution in [0.15, 0.2) is 48.5 Å². The van der Waals surface area contributed by atoms with Crippen LogP contribution in [0.25, 0.3) is 0 Å². The Labute approximate surface area is 168 Å². The summed E-state index contributed by atoms with van der Waals surface area (Å²) >= 11 is 0. The molecule has 29 heavy (non-hydrogen) atoms. The summed E-state index contributed by atoms with van der Waals surface area (Å²) in [5.74, 6) is -1.47. The summed E-state index contributed by atoms with van der Waals surface area (Å²) in [7, 11) is 3.98. The molecule has 8 nitrogen and oxygen atoms in total. The van der Waals surface area contributed by atoms with Gasteiger partial charge in [0.25, 0.3) is 0 Å². The van der Waals surface area contributed by atoms with Gasteiger partial charge in [-0.1, -0.05) is 24.3 Å². The summed E-state index contributed by atoms with van der Waals surface area (Å²) in [4.78, 5) is 35.7. The smallest absolute Gasteiger partial charge is 0.412 e. The van der Waals surface area contributed by atoms with E-state index in [1.165, 1.54) is 14.2 Å². The van der Waals surface area contributed by atoms with Crippen molar-refractivity contribution in [3.63, 3.8) is 0 Å². The van der Waals surface area contributed by atoms with Crippen molar-refractivity contribution >= 4 is 18.0 Å². The normalized spacial score (nSPS) is 10.2. The number of methoxy groups -OCH3 is 3. The van der Waals surface area contributed by atoms with Gasteiger partial charge in [0.1, 0.15) is 11.5 Å². The molecule has 0 saturated carbocycles. The van der Waals surface area contributed by atoms with E-state index in [0.29, 0.717) is 5.56 Å². The Kier molecular flexibility index (Phi) is 8.02. The van der Waals surface area contributed by atoms with Crippen LogP contribution < -0.4 is 14.8 Å². The zero-order valence-corrected chi connectivity index (χ0v) is 16.5. The Morgan fingerprint density at radius 1 is 0.862 bits per heavy atom. The number of carbonyl (C=O) groups is 3. The van der Waals surface area contributed by atoms with E-state index in [-0.39, 0.29) is 18.7 Å². The number of hydrogen-bond donors (Lipinski definition) is 1. The predicted octanol–water partition coefficient (Wildman–Crippen LogP) is 2.49. The SMILES string of the molecule is COC(=O)C(Cc1cccc(OC(=O)NCc2ccc(OC)cc2)c1)C(=O)OC. The van der Waals surface area contributed by atoms with Gasteiger partial charge in [-0.3, -0.25) is 9.59 Å². The maximum absolute atomic E-state index is 12.0. The topological polar surface area (TPSA) is 100 Å². The molecule has 0 spiro atoms. The van der Waals surface area contributed by atoms with Crippen molar-refractivity contribution < 1.29 is 33.3 Å². The van der Waals surface area contributed by atoms with Gasteiger partial charge in [0.2, 0.25) is 0 Å². The lowest BCUT2D eigenvalue weighted by atomic mass is 9.99. The standard InChI is InChI=1S/C21H23NO7/c1-26-16-9-7-14(8-10-16)13-22-21(25)29-17-6-4-5-15(11-17)12-18(19(23)27-2)20(24)28-3/h4-11,18H,12-13H2,1-3H3,(H,22,25). The Balaban J connectivity index is 1.96. The van der Waals surface area contributed by atoms with Gasteiger partial charge < -0.3 is 24.3 Å². The molecule has 0 radical (unpaired) electrons. The predicted molar refractivity (Wildman–Crippen MR) is 104 cm³/mol. The van der Waals surface area contributed by atoms with E-state index in [1.807, 2.05) is 12.1 Å². The van der Waals surface area contributed by atoms with Crippen LogP contribution in [-0.2, 0) is 32.0 Å². The van der Waals surface area contributed by atoms with Crippen LogP contribution in [0.4, 0.5) is 4.79 Å². The number of carbonyl (C=O) groups excluding carboxylic acids is 3. The first-order chi connectivity index (χ1) is 14.0. The number of hydrogen-bond acceptors (Lipinski definition) is 7.